The Balaban J connectivity index is 1.92. The highest BCUT2D eigenvalue weighted by atomic mass is 35.5. The van der Waals surface area contributed by atoms with Crippen LogP contribution in [0.5, 0.6) is 0 Å². The molecular weight excluding hydrogens is 396 g/mol. The van der Waals surface area contributed by atoms with Crippen LogP contribution >= 0.6 is 22.9 Å². The minimum absolute atomic E-state index is 0.0946. The van der Waals surface area contributed by atoms with Crippen LogP contribution in [0.1, 0.15) is 23.8 Å². The Kier molecular flexibility index (Phi) is 5.42. The van der Waals surface area contributed by atoms with Crippen molar-refractivity contribution in [2.24, 2.45) is 0 Å². The molecule has 0 amide bonds. The molecule has 148 valence electrons. The highest BCUT2D eigenvalue weighted by molar-refractivity contribution is 7.18. The second kappa shape index (κ2) is 7.83. The van der Waals surface area contributed by atoms with Crippen LogP contribution in [0.4, 0.5) is 5.95 Å². The molecule has 1 aliphatic heterocycles. The van der Waals surface area contributed by atoms with Crippen molar-refractivity contribution in [1.29, 1.82) is 0 Å². The van der Waals surface area contributed by atoms with E-state index in [0.717, 1.165) is 29.9 Å². The quantitative estimate of drug-likeness (QED) is 0.665. The fourth-order valence-electron chi connectivity index (χ4n) is 3.50. The van der Waals surface area contributed by atoms with Crippen LogP contribution < -0.4 is 10.9 Å². The molecule has 0 spiro atoms. The summed E-state index contributed by atoms with van der Waals surface area (Å²) in [6, 6.07) is 7.19. The Morgan fingerprint density at radius 1 is 1.43 bits per heavy atom. The largest absolute Gasteiger partial charge is 0.391 e. The average molecular weight is 419 g/mol. The first-order valence-electron chi connectivity index (χ1n) is 9.41. The highest BCUT2D eigenvalue weighted by Gasteiger charge is 2.24. The average Bonchev–Trinajstić information content (AvgIpc) is 3.03. The van der Waals surface area contributed by atoms with Crippen molar-refractivity contribution in [3.8, 4) is 5.69 Å². The van der Waals surface area contributed by atoms with Gasteiger partial charge in [0.15, 0.2) is 0 Å². The summed E-state index contributed by atoms with van der Waals surface area (Å²) in [5.41, 5.74) is 1.68. The number of hydrogen-bond donors (Lipinski definition) is 2. The van der Waals surface area contributed by atoms with E-state index in [1.54, 1.807) is 28.0 Å². The summed E-state index contributed by atoms with van der Waals surface area (Å²) < 4.78 is 1.57. The predicted molar refractivity (Wildman–Crippen MR) is 115 cm³/mol. The van der Waals surface area contributed by atoms with Gasteiger partial charge in [-0.15, -0.1) is 11.3 Å². The van der Waals surface area contributed by atoms with Crippen molar-refractivity contribution in [3.63, 3.8) is 0 Å². The minimum Gasteiger partial charge on any atom is -0.391 e. The zero-order valence-corrected chi connectivity index (χ0v) is 17.5. The summed E-state index contributed by atoms with van der Waals surface area (Å²) in [5, 5.41) is 14.4. The molecule has 0 fully saturated rings. The van der Waals surface area contributed by atoms with Crippen molar-refractivity contribution in [3.05, 3.63) is 50.1 Å². The molecule has 1 aromatic carbocycles. The number of rotatable bonds is 5. The van der Waals surface area contributed by atoms with Gasteiger partial charge in [0.25, 0.3) is 5.56 Å². The molecule has 2 aromatic heterocycles. The third kappa shape index (κ3) is 3.55. The fourth-order valence-corrected chi connectivity index (χ4v) is 4.97. The SMILES string of the molecule is CC[C@H](O)CNc1nc2sc3c(c2c(=O)n1-c1cccc(Cl)c1)CCN(C)C3. The number of nitrogens with zero attached hydrogens (tertiary/aromatic N) is 3. The zero-order valence-electron chi connectivity index (χ0n) is 15.9. The van der Waals surface area contributed by atoms with Crippen molar-refractivity contribution in [2.75, 3.05) is 25.5 Å². The number of likely N-dealkylation sites (N-methyl/N-ethyl adjacent to an activating group) is 1. The first-order chi connectivity index (χ1) is 13.5. The molecule has 0 saturated carbocycles. The lowest BCUT2D eigenvalue weighted by Crippen LogP contribution is -2.28. The highest BCUT2D eigenvalue weighted by Crippen LogP contribution is 2.33. The van der Waals surface area contributed by atoms with Crippen LogP contribution in [0, 0.1) is 0 Å². The number of nitrogens with one attached hydrogen (secondary N) is 1. The lowest BCUT2D eigenvalue weighted by molar-refractivity contribution is 0.183. The standard InChI is InChI=1S/C20H23ClN4O2S/c1-3-14(26)10-22-20-23-18-17(15-7-8-24(2)11-16(15)28-18)19(27)25(20)13-6-4-5-12(21)9-13/h4-6,9,14,26H,3,7-8,10-11H2,1-2H3,(H,22,23)/t14-/m0/s1. The first kappa shape index (κ1) is 19.4. The maximum Gasteiger partial charge on any atom is 0.268 e. The van der Waals surface area contributed by atoms with Crippen LogP contribution in [0.25, 0.3) is 15.9 Å². The van der Waals surface area contributed by atoms with Gasteiger partial charge in [-0.1, -0.05) is 24.6 Å². The lowest BCUT2D eigenvalue weighted by Gasteiger charge is -2.22. The molecular formula is C20H23ClN4O2S. The molecule has 6 nitrogen and oxygen atoms in total. The summed E-state index contributed by atoms with van der Waals surface area (Å²) in [6.45, 7) is 4.00. The van der Waals surface area contributed by atoms with Gasteiger partial charge in [-0.25, -0.2) is 9.55 Å². The van der Waals surface area contributed by atoms with Gasteiger partial charge >= 0.3 is 0 Å². The monoisotopic (exact) mass is 418 g/mol. The van der Waals surface area contributed by atoms with Gasteiger partial charge in [0.05, 0.1) is 17.2 Å². The molecule has 0 radical (unpaired) electrons. The summed E-state index contributed by atoms with van der Waals surface area (Å²) in [7, 11) is 2.09. The molecule has 2 N–H and O–H groups in total. The summed E-state index contributed by atoms with van der Waals surface area (Å²) in [5.74, 6) is 0.430. The van der Waals surface area contributed by atoms with Crippen molar-refractivity contribution < 1.29 is 5.11 Å². The van der Waals surface area contributed by atoms with Crippen molar-refractivity contribution in [2.45, 2.75) is 32.4 Å². The van der Waals surface area contributed by atoms with E-state index in [2.05, 4.69) is 17.3 Å². The van der Waals surface area contributed by atoms with E-state index in [0.29, 0.717) is 35.0 Å². The Hall–Kier alpha value is -1.93. The summed E-state index contributed by atoms with van der Waals surface area (Å²) in [4.78, 5) is 22.5. The lowest BCUT2D eigenvalue weighted by atomic mass is 10.1. The van der Waals surface area contributed by atoms with E-state index in [9.17, 15) is 9.90 Å². The molecule has 0 bridgehead atoms. The van der Waals surface area contributed by atoms with Crippen molar-refractivity contribution in [1.82, 2.24) is 14.5 Å². The van der Waals surface area contributed by atoms with Crippen LogP contribution in [-0.4, -0.2) is 45.8 Å². The predicted octanol–water partition coefficient (Wildman–Crippen LogP) is 3.27. The maximum absolute atomic E-state index is 13.6. The van der Waals surface area contributed by atoms with Gasteiger partial charge in [-0.2, -0.15) is 0 Å². The number of thiophene rings is 1. The van der Waals surface area contributed by atoms with Gasteiger partial charge in [0.1, 0.15) is 4.83 Å². The zero-order chi connectivity index (χ0) is 19.8. The Morgan fingerprint density at radius 3 is 3.00 bits per heavy atom. The van der Waals surface area contributed by atoms with E-state index in [1.165, 1.54) is 4.88 Å². The second-order valence-electron chi connectivity index (χ2n) is 7.17. The Labute approximate surface area is 172 Å². The Morgan fingerprint density at radius 2 is 2.25 bits per heavy atom. The van der Waals surface area contributed by atoms with Crippen LogP contribution in [0.3, 0.4) is 0 Å². The smallest absolute Gasteiger partial charge is 0.268 e. The van der Waals surface area contributed by atoms with Crippen LogP contribution in [0.15, 0.2) is 29.1 Å². The third-order valence-electron chi connectivity index (χ3n) is 5.10. The number of anilines is 1. The molecule has 4 rings (SSSR count). The molecule has 0 aliphatic carbocycles. The number of hydrogen-bond acceptors (Lipinski definition) is 6. The van der Waals surface area contributed by atoms with E-state index in [1.807, 2.05) is 19.1 Å². The van der Waals surface area contributed by atoms with E-state index in [4.69, 9.17) is 16.6 Å². The number of fused-ring (bicyclic) bond motifs is 3. The molecule has 3 heterocycles. The number of aromatic nitrogens is 2. The molecule has 1 atom stereocenters. The first-order valence-corrected chi connectivity index (χ1v) is 10.6. The van der Waals surface area contributed by atoms with Gasteiger partial charge in [-0.3, -0.25) is 4.79 Å². The van der Waals surface area contributed by atoms with Gasteiger partial charge < -0.3 is 15.3 Å². The van der Waals surface area contributed by atoms with Gasteiger partial charge in [-0.05, 0) is 43.7 Å². The normalized spacial score (nSPS) is 15.6. The third-order valence-corrected chi connectivity index (χ3v) is 6.44. The topological polar surface area (TPSA) is 70.4 Å². The van der Waals surface area contributed by atoms with E-state index >= 15 is 0 Å². The fraction of sp³-hybridized carbons (Fsp3) is 0.400. The number of benzene rings is 1. The van der Waals surface area contributed by atoms with E-state index in [-0.39, 0.29) is 5.56 Å². The second-order valence-corrected chi connectivity index (χ2v) is 8.69. The molecule has 1 aliphatic rings. The van der Waals surface area contributed by atoms with Crippen molar-refractivity contribution >= 4 is 39.1 Å². The van der Waals surface area contributed by atoms with Gasteiger partial charge in [0, 0.05) is 29.5 Å². The van der Waals surface area contributed by atoms with Crippen LogP contribution in [0.2, 0.25) is 5.02 Å². The maximum atomic E-state index is 13.6. The molecule has 0 unspecified atom stereocenters. The number of halogens is 1. The molecule has 3 aromatic rings. The van der Waals surface area contributed by atoms with E-state index < -0.39 is 6.10 Å². The number of aliphatic hydroxyl groups excluding tert-OH is 1. The Bertz CT molecular complexity index is 1080. The van der Waals surface area contributed by atoms with Crippen LogP contribution in [-0.2, 0) is 13.0 Å². The summed E-state index contributed by atoms with van der Waals surface area (Å²) >= 11 is 7.76. The number of aliphatic hydroxyl groups is 1. The molecule has 28 heavy (non-hydrogen) atoms. The minimum atomic E-state index is -0.509. The molecule has 8 heteroatoms. The summed E-state index contributed by atoms with van der Waals surface area (Å²) in [6.07, 6.45) is 0.959. The van der Waals surface area contributed by atoms with Gasteiger partial charge in [0.2, 0.25) is 5.95 Å². The molecule has 0 saturated heterocycles.